The predicted octanol–water partition coefficient (Wildman–Crippen LogP) is 1.03. The molecule has 0 atom stereocenters. The van der Waals surface area contributed by atoms with Crippen LogP contribution in [0.5, 0.6) is 0 Å². The Labute approximate surface area is 160 Å². The van der Waals surface area contributed by atoms with Gasteiger partial charge in [0.25, 0.3) is 0 Å². The van der Waals surface area contributed by atoms with E-state index < -0.39 is 14.6 Å². The van der Waals surface area contributed by atoms with E-state index in [1.165, 1.54) is 18.4 Å². The largest absolute Gasteiger partial charge is 0.340 e. The third-order valence-corrected chi connectivity index (χ3v) is 7.71. The Kier molecular flexibility index (Phi) is 6.18. The van der Waals surface area contributed by atoms with Crippen LogP contribution in [0.15, 0.2) is 24.3 Å². The molecule has 2 heterocycles. The molecule has 27 heavy (non-hydrogen) atoms. The number of carbonyl (C=O) groups is 1. The first-order valence-corrected chi connectivity index (χ1v) is 11.4. The summed E-state index contributed by atoms with van der Waals surface area (Å²) in [5, 5.41) is 3.15. The molecular weight excluding hydrogens is 369 g/mol. The van der Waals surface area contributed by atoms with Gasteiger partial charge in [-0.2, -0.15) is 0 Å². The van der Waals surface area contributed by atoms with E-state index in [1.807, 2.05) is 0 Å². The van der Waals surface area contributed by atoms with Gasteiger partial charge in [0, 0.05) is 39.0 Å². The fourth-order valence-corrected chi connectivity index (χ4v) is 5.43. The molecule has 0 saturated carbocycles. The molecule has 1 aromatic rings. The third kappa shape index (κ3) is 4.50. The van der Waals surface area contributed by atoms with Gasteiger partial charge in [-0.05, 0) is 50.0 Å². The van der Waals surface area contributed by atoms with E-state index >= 15 is 0 Å². The summed E-state index contributed by atoms with van der Waals surface area (Å²) in [6.45, 7) is 4.39. The first-order chi connectivity index (χ1) is 12.8. The minimum Gasteiger partial charge on any atom is -0.340 e. The van der Waals surface area contributed by atoms with Crippen LogP contribution in [0.4, 0.5) is 4.39 Å². The second kappa shape index (κ2) is 8.24. The van der Waals surface area contributed by atoms with Crippen LogP contribution in [-0.2, 0) is 21.2 Å². The molecule has 2 aliphatic rings. The van der Waals surface area contributed by atoms with Crippen molar-refractivity contribution < 1.29 is 17.6 Å². The molecule has 6 nitrogen and oxygen atoms in total. The third-order valence-electron chi connectivity index (χ3n) is 5.71. The maximum atomic E-state index is 13.2. The summed E-state index contributed by atoms with van der Waals surface area (Å²) in [5.74, 6) is -0.491. The van der Waals surface area contributed by atoms with Gasteiger partial charge in [-0.25, -0.2) is 12.8 Å². The van der Waals surface area contributed by atoms with Crippen molar-refractivity contribution in [3.8, 4) is 0 Å². The number of rotatable bonds is 4. The number of piperidine rings is 1. The molecule has 2 saturated heterocycles. The van der Waals surface area contributed by atoms with Crippen LogP contribution in [0.1, 0.15) is 24.8 Å². The van der Waals surface area contributed by atoms with Gasteiger partial charge in [-0.15, -0.1) is 0 Å². The summed E-state index contributed by atoms with van der Waals surface area (Å²) in [7, 11) is -3.49. The molecule has 0 aliphatic carbocycles. The second-order valence-electron chi connectivity index (χ2n) is 7.56. The molecule has 0 aromatic heterocycles. The van der Waals surface area contributed by atoms with Crippen molar-refractivity contribution in [3.05, 3.63) is 35.6 Å². The molecule has 1 N–H and O–H groups in total. The molecule has 2 aliphatic heterocycles. The first-order valence-electron chi connectivity index (χ1n) is 9.48. The zero-order chi connectivity index (χ0) is 19.5. The zero-order valence-corrected chi connectivity index (χ0v) is 16.6. The number of carbonyl (C=O) groups excluding carboxylic acids is 1. The molecule has 1 amide bonds. The zero-order valence-electron chi connectivity index (χ0n) is 15.8. The van der Waals surface area contributed by atoms with Crippen molar-refractivity contribution in [3.63, 3.8) is 0 Å². The summed E-state index contributed by atoms with van der Waals surface area (Å²) >= 11 is 0. The van der Waals surface area contributed by atoms with Crippen LogP contribution in [0.25, 0.3) is 0 Å². The fourth-order valence-electron chi connectivity index (χ4n) is 4.04. The number of nitrogens with zero attached hydrogens (tertiary/aromatic N) is 2. The molecule has 150 valence electrons. The standard InChI is InChI=1S/C19H28FN3O3S/c1-27(25,26)19(7-9-21-10-8-19)18(24)23-12-2-11-22(13-14-23)15-16-3-5-17(20)6-4-16/h3-6,21H,2,7-15H2,1H3. The Morgan fingerprint density at radius 1 is 1.11 bits per heavy atom. The summed E-state index contributed by atoms with van der Waals surface area (Å²) in [6, 6.07) is 6.46. The van der Waals surface area contributed by atoms with Crippen molar-refractivity contribution >= 4 is 15.7 Å². The Hall–Kier alpha value is -1.51. The van der Waals surface area contributed by atoms with Gasteiger partial charge in [-0.3, -0.25) is 9.69 Å². The summed E-state index contributed by atoms with van der Waals surface area (Å²) < 4.78 is 36.8. The SMILES string of the molecule is CS(=O)(=O)C1(C(=O)N2CCCN(Cc3ccc(F)cc3)CC2)CCNCC1. The highest BCUT2D eigenvalue weighted by Crippen LogP contribution is 2.30. The van der Waals surface area contributed by atoms with Crippen molar-refractivity contribution in [2.45, 2.75) is 30.6 Å². The van der Waals surface area contributed by atoms with Gasteiger partial charge in [-0.1, -0.05) is 12.1 Å². The Morgan fingerprint density at radius 2 is 1.78 bits per heavy atom. The van der Waals surface area contributed by atoms with Gasteiger partial charge in [0.05, 0.1) is 0 Å². The molecule has 8 heteroatoms. The van der Waals surface area contributed by atoms with Crippen LogP contribution >= 0.6 is 0 Å². The Morgan fingerprint density at radius 3 is 2.41 bits per heavy atom. The van der Waals surface area contributed by atoms with Gasteiger partial charge >= 0.3 is 0 Å². The van der Waals surface area contributed by atoms with Crippen molar-refractivity contribution in [1.29, 1.82) is 0 Å². The van der Waals surface area contributed by atoms with Gasteiger partial charge < -0.3 is 10.2 Å². The van der Waals surface area contributed by atoms with Crippen LogP contribution in [-0.4, -0.2) is 74.4 Å². The first kappa shape index (κ1) is 20.2. The van der Waals surface area contributed by atoms with Crippen molar-refractivity contribution in [2.75, 3.05) is 45.5 Å². The normalized spacial score (nSPS) is 21.6. The smallest absolute Gasteiger partial charge is 0.244 e. The topological polar surface area (TPSA) is 69.7 Å². The number of halogens is 1. The predicted molar refractivity (Wildman–Crippen MR) is 103 cm³/mol. The highest BCUT2D eigenvalue weighted by molar-refractivity contribution is 7.92. The van der Waals surface area contributed by atoms with E-state index in [1.54, 1.807) is 17.0 Å². The Bertz CT molecular complexity index is 761. The molecule has 0 spiro atoms. The lowest BCUT2D eigenvalue weighted by atomic mass is 9.95. The van der Waals surface area contributed by atoms with Crippen molar-refractivity contribution in [2.24, 2.45) is 0 Å². The van der Waals surface area contributed by atoms with Gasteiger partial charge in [0.15, 0.2) is 14.6 Å². The number of benzene rings is 1. The lowest BCUT2D eigenvalue weighted by Crippen LogP contribution is -2.58. The molecule has 1 aromatic carbocycles. The fraction of sp³-hybridized carbons (Fsp3) is 0.632. The number of hydrogen-bond acceptors (Lipinski definition) is 5. The minimum absolute atomic E-state index is 0.241. The second-order valence-corrected chi connectivity index (χ2v) is 9.89. The van der Waals surface area contributed by atoms with Gasteiger partial charge in [0.1, 0.15) is 5.82 Å². The van der Waals surface area contributed by atoms with Crippen LogP contribution in [0.2, 0.25) is 0 Å². The molecule has 0 unspecified atom stereocenters. The quantitative estimate of drug-likeness (QED) is 0.822. The lowest BCUT2D eigenvalue weighted by Gasteiger charge is -2.38. The van der Waals surface area contributed by atoms with E-state index in [4.69, 9.17) is 0 Å². The van der Waals surface area contributed by atoms with E-state index in [2.05, 4.69) is 10.2 Å². The average molecular weight is 398 g/mol. The number of nitrogens with one attached hydrogen (secondary N) is 1. The van der Waals surface area contributed by atoms with Gasteiger partial charge in [0.2, 0.25) is 5.91 Å². The summed E-state index contributed by atoms with van der Waals surface area (Å²) in [4.78, 5) is 17.2. The van der Waals surface area contributed by atoms with E-state index in [0.717, 1.165) is 18.5 Å². The molecular formula is C19H28FN3O3S. The summed E-state index contributed by atoms with van der Waals surface area (Å²) in [5.41, 5.74) is 1.03. The number of amides is 1. The highest BCUT2D eigenvalue weighted by Gasteiger charge is 2.50. The minimum atomic E-state index is -3.49. The maximum absolute atomic E-state index is 13.2. The van der Waals surface area contributed by atoms with Crippen LogP contribution < -0.4 is 5.32 Å². The molecule has 3 rings (SSSR count). The van der Waals surface area contributed by atoms with Crippen LogP contribution in [0.3, 0.4) is 0 Å². The van der Waals surface area contributed by atoms with E-state index in [0.29, 0.717) is 52.1 Å². The number of sulfone groups is 1. The number of hydrogen-bond donors (Lipinski definition) is 1. The van der Waals surface area contributed by atoms with E-state index in [-0.39, 0.29) is 11.7 Å². The molecule has 0 radical (unpaired) electrons. The van der Waals surface area contributed by atoms with Crippen molar-refractivity contribution in [1.82, 2.24) is 15.1 Å². The Balaban J connectivity index is 1.67. The lowest BCUT2D eigenvalue weighted by molar-refractivity contribution is -0.134. The average Bonchev–Trinajstić information content (AvgIpc) is 2.88. The summed E-state index contributed by atoms with van der Waals surface area (Å²) in [6.07, 6.45) is 2.65. The molecule has 0 bridgehead atoms. The monoisotopic (exact) mass is 397 g/mol. The molecule has 2 fully saturated rings. The van der Waals surface area contributed by atoms with E-state index in [9.17, 15) is 17.6 Å². The van der Waals surface area contributed by atoms with Crippen LogP contribution in [0, 0.1) is 5.82 Å². The maximum Gasteiger partial charge on any atom is 0.244 e. The highest BCUT2D eigenvalue weighted by atomic mass is 32.2.